The molecule has 3 rings (SSSR count). The molecule has 0 spiro atoms. The molecule has 126 valence electrons. The van der Waals surface area contributed by atoms with Gasteiger partial charge in [-0.25, -0.2) is 4.79 Å². The van der Waals surface area contributed by atoms with E-state index in [1.807, 2.05) is 36.4 Å². The lowest BCUT2D eigenvalue weighted by atomic mass is 10.1. The minimum Gasteiger partial charge on any atom is -0.487 e. The van der Waals surface area contributed by atoms with Gasteiger partial charge in [-0.15, -0.1) is 0 Å². The summed E-state index contributed by atoms with van der Waals surface area (Å²) in [7, 11) is 0. The van der Waals surface area contributed by atoms with Crippen LogP contribution in [0.3, 0.4) is 0 Å². The number of aliphatic hydroxyl groups excluding tert-OH is 1. The van der Waals surface area contributed by atoms with Crippen LogP contribution >= 0.6 is 0 Å². The lowest BCUT2D eigenvalue weighted by molar-refractivity contribution is 0.0526. The number of hydrogen-bond acceptors (Lipinski definition) is 5. The maximum Gasteiger partial charge on any atom is 0.338 e. The highest BCUT2D eigenvalue weighted by atomic mass is 16.5. The zero-order valence-corrected chi connectivity index (χ0v) is 13.7. The largest absolute Gasteiger partial charge is 0.487 e. The van der Waals surface area contributed by atoms with Gasteiger partial charge in [-0.2, -0.15) is 0 Å². The predicted octanol–water partition coefficient (Wildman–Crippen LogP) is 3.28. The van der Waals surface area contributed by atoms with Gasteiger partial charge in [0.25, 0.3) is 0 Å². The van der Waals surface area contributed by atoms with Crippen LogP contribution in [0, 0.1) is 0 Å². The molecule has 0 aromatic heterocycles. The Morgan fingerprint density at radius 3 is 2.88 bits per heavy atom. The van der Waals surface area contributed by atoms with Gasteiger partial charge in [-0.3, -0.25) is 0 Å². The molecule has 5 nitrogen and oxygen atoms in total. The third-order valence-corrected chi connectivity index (χ3v) is 3.97. The highest BCUT2D eigenvalue weighted by Gasteiger charge is 2.22. The number of esters is 1. The van der Waals surface area contributed by atoms with Crippen LogP contribution in [-0.4, -0.2) is 30.8 Å². The van der Waals surface area contributed by atoms with Crippen LogP contribution in [0.2, 0.25) is 0 Å². The van der Waals surface area contributed by atoms with Crippen LogP contribution in [0.4, 0.5) is 11.4 Å². The summed E-state index contributed by atoms with van der Waals surface area (Å²) < 4.78 is 11.0. The first-order valence-electron chi connectivity index (χ1n) is 8.15. The summed E-state index contributed by atoms with van der Waals surface area (Å²) in [5, 5.41) is 9.24. The summed E-state index contributed by atoms with van der Waals surface area (Å²) in [4.78, 5) is 14.2. The molecule has 0 radical (unpaired) electrons. The summed E-state index contributed by atoms with van der Waals surface area (Å²) in [6.07, 6.45) is 0.622. The minimum atomic E-state index is -0.333. The number of rotatable bonds is 5. The Labute approximate surface area is 141 Å². The van der Waals surface area contributed by atoms with E-state index in [1.165, 1.54) is 0 Å². The topological polar surface area (TPSA) is 59.0 Å². The summed E-state index contributed by atoms with van der Waals surface area (Å²) in [6.45, 7) is 3.31. The Bertz CT molecular complexity index is 729. The number of nitrogens with zero attached hydrogens (tertiary/aromatic N) is 1. The van der Waals surface area contributed by atoms with Crippen LogP contribution in [-0.2, 0) is 11.3 Å². The number of ether oxygens (including phenoxy) is 2. The zero-order chi connectivity index (χ0) is 16.9. The van der Waals surface area contributed by atoms with Crippen molar-refractivity contribution in [2.24, 2.45) is 0 Å². The lowest BCUT2D eigenvalue weighted by Gasteiger charge is -2.25. The van der Waals surface area contributed by atoms with E-state index in [0.29, 0.717) is 31.7 Å². The molecule has 1 heterocycles. The molecule has 0 unspecified atom stereocenters. The van der Waals surface area contributed by atoms with E-state index in [1.54, 1.807) is 13.0 Å². The van der Waals surface area contributed by atoms with Gasteiger partial charge < -0.3 is 19.5 Å². The second-order valence-electron chi connectivity index (χ2n) is 5.55. The minimum absolute atomic E-state index is 0.104. The van der Waals surface area contributed by atoms with E-state index >= 15 is 0 Å². The van der Waals surface area contributed by atoms with Crippen molar-refractivity contribution in [2.75, 3.05) is 24.7 Å². The Morgan fingerprint density at radius 1 is 1.25 bits per heavy atom. The second-order valence-corrected chi connectivity index (χ2v) is 5.55. The Kier molecular flexibility index (Phi) is 5.01. The van der Waals surface area contributed by atoms with Crippen molar-refractivity contribution in [1.29, 1.82) is 0 Å². The normalized spacial score (nSPS) is 12.7. The van der Waals surface area contributed by atoms with Gasteiger partial charge in [0.05, 0.1) is 17.9 Å². The molecule has 0 saturated carbocycles. The average molecular weight is 327 g/mol. The number of aliphatic hydroxyl groups is 1. The Balaban J connectivity index is 2.06. The first-order chi connectivity index (χ1) is 11.7. The highest BCUT2D eigenvalue weighted by Crippen LogP contribution is 2.39. The smallest absolute Gasteiger partial charge is 0.338 e. The van der Waals surface area contributed by atoms with Gasteiger partial charge in [0.1, 0.15) is 12.4 Å². The van der Waals surface area contributed by atoms with E-state index in [-0.39, 0.29) is 12.6 Å². The van der Waals surface area contributed by atoms with E-state index in [2.05, 4.69) is 4.90 Å². The first-order valence-corrected chi connectivity index (χ1v) is 8.15. The molecular weight excluding hydrogens is 306 g/mol. The predicted molar refractivity (Wildman–Crippen MR) is 91.9 cm³/mol. The molecule has 0 atom stereocenters. The molecule has 5 heteroatoms. The molecular formula is C19H21NO4. The molecule has 24 heavy (non-hydrogen) atoms. The van der Waals surface area contributed by atoms with Gasteiger partial charge >= 0.3 is 5.97 Å². The van der Waals surface area contributed by atoms with Crippen LogP contribution < -0.4 is 9.64 Å². The third-order valence-electron chi connectivity index (χ3n) is 3.97. The standard InChI is InChI=1S/C19H21NO4/c1-2-23-19(22)14-8-9-15-13-24-18-7-4-3-6-16(18)20(10-5-11-21)17(15)12-14/h3-4,6-9,12,21H,2,5,10-11,13H2,1H3. The summed E-state index contributed by atoms with van der Waals surface area (Å²) in [6, 6.07) is 13.3. The molecule has 0 amide bonds. The number of benzene rings is 2. The van der Waals surface area contributed by atoms with Gasteiger partial charge in [-0.05, 0) is 37.6 Å². The number of anilines is 2. The highest BCUT2D eigenvalue weighted by molar-refractivity contribution is 5.91. The lowest BCUT2D eigenvalue weighted by Crippen LogP contribution is -2.20. The molecule has 0 saturated heterocycles. The Morgan fingerprint density at radius 2 is 2.08 bits per heavy atom. The summed E-state index contributed by atoms with van der Waals surface area (Å²) in [5.41, 5.74) is 3.37. The van der Waals surface area contributed by atoms with Crippen molar-refractivity contribution in [3.05, 3.63) is 53.6 Å². The van der Waals surface area contributed by atoms with E-state index in [0.717, 1.165) is 22.7 Å². The maximum absolute atomic E-state index is 12.1. The fourth-order valence-corrected chi connectivity index (χ4v) is 2.84. The summed E-state index contributed by atoms with van der Waals surface area (Å²) >= 11 is 0. The van der Waals surface area contributed by atoms with E-state index < -0.39 is 0 Å². The van der Waals surface area contributed by atoms with Gasteiger partial charge in [0.2, 0.25) is 0 Å². The van der Waals surface area contributed by atoms with Crippen LogP contribution in [0.5, 0.6) is 5.75 Å². The number of carbonyl (C=O) groups is 1. The number of hydrogen-bond donors (Lipinski definition) is 1. The molecule has 1 N–H and O–H groups in total. The molecule has 2 aromatic rings. The molecule has 1 aliphatic heterocycles. The summed E-state index contributed by atoms with van der Waals surface area (Å²) in [5.74, 6) is 0.463. The van der Waals surface area contributed by atoms with Crippen molar-refractivity contribution in [2.45, 2.75) is 20.0 Å². The van der Waals surface area contributed by atoms with Crippen molar-refractivity contribution in [1.82, 2.24) is 0 Å². The average Bonchev–Trinajstić information content (AvgIpc) is 2.76. The fourth-order valence-electron chi connectivity index (χ4n) is 2.84. The number of fused-ring (bicyclic) bond motifs is 2. The van der Waals surface area contributed by atoms with Gasteiger partial charge in [0.15, 0.2) is 0 Å². The Hall–Kier alpha value is -2.53. The third kappa shape index (κ3) is 3.21. The molecule has 0 aliphatic carbocycles. The maximum atomic E-state index is 12.1. The molecule has 0 fully saturated rings. The van der Waals surface area contributed by atoms with Gasteiger partial charge in [0, 0.05) is 24.4 Å². The van der Waals surface area contributed by atoms with Gasteiger partial charge in [-0.1, -0.05) is 18.2 Å². The van der Waals surface area contributed by atoms with Crippen LogP contribution in [0.1, 0.15) is 29.3 Å². The fraction of sp³-hybridized carbons (Fsp3) is 0.316. The molecule has 1 aliphatic rings. The quantitative estimate of drug-likeness (QED) is 0.854. The SMILES string of the molecule is CCOC(=O)c1ccc2c(c1)N(CCCO)c1ccccc1OC2. The van der Waals surface area contributed by atoms with Crippen molar-refractivity contribution in [3.63, 3.8) is 0 Å². The van der Waals surface area contributed by atoms with E-state index in [4.69, 9.17) is 9.47 Å². The number of para-hydroxylation sites is 2. The zero-order valence-electron chi connectivity index (χ0n) is 13.7. The second kappa shape index (κ2) is 7.36. The van der Waals surface area contributed by atoms with E-state index in [9.17, 15) is 9.90 Å². The van der Waals surface area contributed by atoms with Crippen molar-refractivity contribution in [3.8, 4) is 5.75 Å². The number of carbonyl (C=O) groups excluding carboxylic acids is 1. The monoisotopic (exact) mass is 327 g/mol. The van der Waals surface area contributed by atoms with Crippen LogP contribution in [0.25, 0.3) is 0 Å². The van der Waals surface area contributed by atoms with Crippen LogP contribution in [0.15, 0.2) is 42.5 Å². The molecule has 2 aromatic carbocycles. The van der Waals surface area contributed by atoms with Crippen molar-refractivity contribution >= 4 is 17.3 Å². The van der Waals surface area contributed by atoms with Crippen molar-refractivity contribution < 1.29 is 19.4 Å². The first kappa shape index (κ1) is 16.3. The molecule has 0 bridgehead atoms.